The van der Waals surface area contributed by atoms with Crippen LogP contribution >= 0.6 is 20.4 Å². The van der Waals surface area contributed by atoms with Crippen molar-refractivity contribution in [1.29, 1.82) is 0 Å². The molecule has 0 aromatic heterocycles. The van der Waals surface area contributed by atoms with E-state index in [1.807, 2.05) is 0 Å². The third kappa shape index (κ3) is 9.37. The topological polar surface area (TPSA) is 110 Å². The summed E-state index contributed by atoms with van der Waals surface area (Å²) in [6.07, 6.45) is -2.54. The van der Waals surface area contributed by atoms with Gasteiger partial charge in [-0.15, -0.1) is 0 Å². The van der Waals surface area contributed by atoms with Crippen molar-refractivity contribution in [3.05, 3.63) is 49.1 Å². The van der Waals surface area contributed by atoms with Crippen LogP contribution in [0, 0.1) is 7.14 Å². The van der Waals surface area contributed by atoms with Crippen LogP contribution in [0.2, 0.25) is 0 Å². The van der Waals surface area contributed by atoms with Crippen molar-refractivity contribution >= 4 is 38.5 Å². The summed E-state index contributed by atoms with van der Waals surface area (Å²) in [5, 5.41) is 0. The van der Waals surface area contributed by atoms with Gasteiger partial charge in [0.05, 0.1) is 0 Å². The number of methoxy groups -OCH3 is 4. The molecule has 228 valence electrons. The van der Waals surface area contributed by atoms with Gasteiger partial charge in [0.25, 0.3) is 0 Å². The molecular formula is C29H39FINO9. The maximum atomic E-state index is 16.3. The molecule has 12 heteroatoms. The number of carbonyl (C=O) groups is 3. The molecule has 1 atom stereocenters. The molecule has 0 bridgehead atoms. The van der Waals surface area contributed by atoms with Crippen LogP contribution in [0.25, 0.3) is 0 Å². The van der Waals surface area contributed by atoms with E-state index in [9.17, 15) is 14.4 Å². The predicted molar refractivity (Wildman–Crippen MR) is 159 cm³/mol. The molecule has 0 aliphatic heterocycles. The van der Waals surface area contributed by atoms with E-state index < -0.39 is 55.8 Å². The summed E-state index contributed by atoms with van der Waals surface area (Å²) < 4.78 is 49.0. The van der Waals surface area contributed by atoms with E-state index in [2.05, 4.69) is 0 Å². The summed E-state index contributed by atoms with van der Waals surface area (Å²) in [4.78, 5) is 40.4. The third-order valence-electron chi connectivity index (χ3n) is 5.35. The standard InChI is InChI=1S/C29H39FINO9/c1-28(2,3)40-26(34)32(27(35)41-29(4,5)6)22(25(33)39-10)15-18-16-23(37-8)24(38-9)17-21(18)31(30)19-11-13-20(36-7)14-12-19/h11-14,16-17,22H,15H2,1-10H3. The molecule has 2 amide bonds. The number of rotatable bonds is 9. The van der Waals surface area contributed by atoms with Crippen LogP contribution in [-0.4, -0.2) is 68.7 Å². The summed E-state index contributed by atoms with van der Waals surface area (Å²) >= 11 is -3.63. The molecule has 0 heterocycles. The minimum atomic E-state index is -3.63. The van der Waals surface area contributed by atoms with E-state index in [1.165, 1.54) is 33.5 Å². The fourth-order valence-corrected chi connectivity index (χ4v) is 6.78. The first kappa shape index (κ1) is 33.9. The number of carbonyl (C=O) groups excluding carboxylic acids is 3. The van der Waals surface area contributed by atoms with Crippen molar-refractivity contribution in [2.75, 3.05) is 28.4 Å². The van der Waals surface area contributed by atoms with E-state index in [0.29, 0.717) is 19.8 Å². The van der Waals surface area contributed by atoms with Crippen LogP contribution in [-0.2, 0) is 25.4 Å². The molecule has 41 heavy (non-hydrogen) atoms. The average molecular weight is 692 g/mol. The van der Waals surface area contributed by atoms with Gasteiger partial charge in [-0.2, -0.15) is 0 Å². The van der Waals surface area contributed by atoms with Crippen molar-refractivity contribution in [1.82, 2.24) is 4.90 Å². The molecule has 0 N–H and O–H groups in total. The second-order valence-corrected chi connectivity index (χ2v) is 14.5. The first-order chi connectivity index (χ1) is 19.0. The predicted octanol–water partition coefficient (Wildman–Crippen LogP) is 6.40. The molecule has 1 unspecified atom stereocenters. The molecule has 0 aliphatic rings. The molecule has 0 spiro atoms. The van der Waals surface area contributed by atoms with Gasteiger partial charge in [-0.05, 0) is 0 Å². The summed E-state index contributed by atoms with van der Waals surface area (Å²) in [7, 11) is 5.48. The second kappa shape index (κ2) is 14.1. The third-order valence-corrected chi connectivity index (χ3v) is 9.19. The number of imide groups is 1. The molecule has 2 rings (SSSR count). The Morgan fingerprint density at radius 3 is 1.71 bits per heavy atom. The molecule has 0 saturated heterocycles. The van der Waals surface area contributed by atoms with Crippen molar-refractivity contribution in [2.45, 2.75) is 65.2 Å². The molecule has 0 saturated carbocycles. The Balaban J connectivity index is 2.72. The van der Waals surface area contributed by atoms with Gasteiger partial charge < -0.3 is 0 Å². The van der Waals surface area contributed by atoms with E-state index >= 15 is 2.86 Å². The molecule has 2 aromatic rings. The van der Waals surface area contributed by atoms with Gasteiger partial charge in [-0.3, -0.25) is 0 Å². The zero-order valence-electron chi connectivity index (χ0n) is 25.1. The maximum absolute atomic E-state index is 16.3. The van der Waals surface area contributed by atoms with Crippen LogP contribution in [0.15, 0.2) is 36.4 Å². The van der Waals surface area contributed by atoms with Crippen LogP contribution in [0.5, 0.6) is 17.2 Å². The summed E-state index contributed by atoms with van der Waals surface area (Å²) in [6.45, 7) is 9.71. The molecule has 2 aromatic carbocycles. The number of nitrogens with zero attached hydrogens (tertiary/aromatic N) is 1. The molecule has 0 fully saturated rings. The Labute approximate surface area is 248 Å². The Kier molecular flexibility index (Phi) is 11.6. The zero-order chi connectivity index (χ0) is 31.1. The number of amides is 2. The van der Waals surface area contributed by atoms with Gasteiger partial charge >= 0.3 is 249 Å². The van der Waals surface area contributed by atoms with E-state index in [-0.39, 0.29) is 21.5 Å². The van der Waals surface area contributed by atoms with Crippen LogP contribution in [0.1, 0.15) is 47.1 Å². The van der Waals surface area contributed by atoms with Gasteiger partial charge in [0.2, 0.25) is 0 Å². The molecule has 0 radical (unpaired) electrons. The minimum absolute atomic E-state index is 0.273. The second-order valence-electron chi connectivity index (χ2n) is 10.8. The van der Waals surface area contributed by atoms with Crippen LogP contribution < -0.4 is 14.2 Å². The first-order valence-corrected chi connectivity index (χ1v) is 15.6. The monoisotopic (exact) mass is 691 g/mol. The zero-order valence-corrected chi connectivity index (χ0v) is 27.3. The number of hydrogen-bond acceptors (Lipinski definition) is 9. The SMILES string of the molecule is COC(=O)C(Cc1cc(OC)c(OC)cc1I(F)c1ccc(OC)cc1)N(C(=O)OC(C)(C)C)C(=O)OC(C)(C)C. The van der Waals surface area contributed by atoms with Gasteiger partial charge in [-0.25, -0.2) is 0 Å². The van der Waals surface area contributed by atoms with Gasteiger partial charge in [0, 0.05) is 0 Å². The average Bonchev–Trinajstić information content (AvgIpc) is 2.89. The number of halogens is 2. The van der Waals surface area contributed by atoms with E-state index in [1.54, 1.807) is 65.8 Å². The van der Waals surface area contributed by atoms with Gasteiger partial charge in [0.15, 0.2) is 0 Å². The summed E-state index contributed by atoms with van der Waals surface area (Å²) in [5.74, 6) is 0.202. The van der Waals surface area contributed by atoms with Crippen LogP contribution in [0.3, 0.4) is 0 Å². The van der Waals surface area contributed by atoms with Crippen LogP contribution in [0.4, 0.5) is 12.4 Å². The van der Waals surface area contributed by atoms with Crippen molar-refractivity contribution in [3.63, 3.8) is 0 Å². The fraction of sp³-hybridized carbons (Fsp3) is 0.483. The van der Waals surface area contributed by atoms with Crippen molar-refractivity contribution in [3.8, 4) is 17.2 Å². The first-order valence-electron chi connectivity index (χ1n) is 12.6. The van der Waals surface area contributed by atoms with Crippen molar-refractivity contribution in [2.24, 2.45) is 0 Å². The van der Waals surface area contributed by atoms with E-state index in [0.717, 1.165) is 7.11 Å². The van der Waals surface area contributed by atoms with E-state index in [4.69, 9.17) is 28.4 Å². The summed E-state index contributed by atoms with van der Waals surface area (Å²) in [6, 6.07) is 8.07. The van der Waals surface area contributed by atoms with Crippen molar-refractivity contribution < 1.29 is 45.7 Å². The number of ether oxygens (including phenoxy) is 6. The normalized spacial score (nSPS) is 12.5. The Morgan fingerprint density at radius 2 is 1.29 bits per heavy atom. The molecule has 10 nitrogen and oxygen atoms in total. The Hall–Kier alpha value is -3.29. The quantitative estimate of drug-likeness (QED) is 0.168. The van der Waals surface area contributed by atoms with Gasteiger partial charge in [0.1, 0.15) is 0 Å². The number of benzene rings is 2. The number of hydrogen-bond donors (Lipinski definition) is 0. The summed E-state index contributed by atoms with van der Waals surface area (Å²) in [5.41, 5.74) is -1.68. The number of esters is 1. The molecular weight excluding hydrogens is 652 g/mol. The van der Waals surface area contributed by atoms with Gasteiger partial charge in [-0.1, -0.05) is 0 Å². The Morgan fingerprint density at radius 1 is 0.805 bits per heavy atom. The Bertz CT molecular complexity index is 1190. The fourth-order valence-electron chi connectivity index (χ4n) is 3.58. The molecule has 0 aliphatic carbocycles.